The maximum Gasteiger partial charge on any atom is 0.419 e. The Kier molecular flexibility index (Phi) is 5.47. The highest BCUT2D eigenvalue weighted by molar-refractivity contribution is 5.63. The van der Waals surface area contributed by atoms with Crippen molar-refractivity contribution in [2.24, 2.45) is 11.8 Å². The number of anilines is 1. The van der Waals surface area contributed by atoms with Gasteiger partial charge >= 0.3 is 6.18 Å². The molecule has 2 N–H and O–H groups in total. The van der Waals surface area contributed by atoms with E-state index in [1.54, 1.807) is 0 Å². The maximum absolute atomic E-state index is 13.3. The third-order valence-corrected chi connectivity index (χ3v) is 7.69. The first-order valence-corrected chi connectivity index (χ1v) is 11.9. The number of hydrogen-bond donors (Lipinski definition) is 1. The van der Waals surface area contributed by atoms with Crippen molar-refractivity contribution in [3.63, 3.8) is 0 Å². The number of rotatable bonds is 4. The van der Waals surface area contributed by atoms with Gasteiger partial charge in [-0.1, -0.05) is 12.8 Å². The van der Waals surface area contributed by atoms with Crippen molar-refractivity contribution in [2.45, 2.75) is 76.6 Å². The minimum Gasteiger partial charge on any atom is -0.383 e. The molecule has 2 aliphatic carbocycles. The molecule has 3 aliphatic rings. The second kappa shape index (κ2) is 8.04. The quantitative estimate of drug-likeness (QED) is 0.673. The summed E-state index contributed by atoms with van der Waals surface area (Å²) < 4.78 is 42.0. The van der Waals surface area contributed by atoms with E-state index in [1.165, 1.54) is 57.8 Å². The number of nitrogens with two attached hydrogens (primary N) is 1. The van der Waals surface area contributed by atoms with E-state index in [2.05, 4.69) is 23.7 Å². The van der Waals surface area contributed by atoms with Gasteiger partial charge in [-0.2, -0.15) is 18.3 Å². The van der Waals surface area contributed by atoms with Crippen LogP contribution >= 0.6 is 0 Å². The SMILES string of the molecule is CC(C)n1nc(-c2cnc(N)c(C(F)(F)F)c2)cc1C1[C@H]2CC(N3CCCCCC3)C[C@@H]12. The van der Waals surface area contributed by atoms with Crippen LogP contribution in [-0.2, 0) is 6.18 Å². The van der Waals surface area contributed by atoms with Gasteiger partial charge in [-0.15, -0.1) is 0 Å². The van der Waals surface area contributed by atoms with Gasteiger partial charge in [0.2, 0.25) is 0 Å². The Hall–Kier alpha value is -2.09. The maximum atomic E-state index is 13.3. The number of aromatic nitrogens is 3. The monoisotopic (exact) mass is 447 g/mol. The molecule has 3 heterocycles. The zero-order valence-electron chi connectivity index (χ0n) is 18.8. The van der Waals surface area contributed by atoms with E-state index >= 15 is 0 Å². The molecule has 2 aromatic heterocycles. The summed E-state index contributed by atoms with van der Waals surface area (Å²) in [6.07, 6.45) is 4.65. The molecular formula is C24H32F3N5. The molecule has 4 atom stereocenters. The summed E-state index contributed by atoms with van der Waals surface area (Å²) in [5.74, 6) is 1.30. The standard InChI is InChI=1S/C24H32F3N5/c1-14(2)32-21(12-20(30-32)15-9-19(24(25,26)27)23(28)29-13-15)22-17-10-16(11-18(17)22)31-7-5-3-4-6-8-31/h9,12-14,16-18,22H,3-8,10-11H2,1-2H3,(H2,28,29)/t16?,17-,18+,22?. The summed E-state index contributed by atoms with van der Waals surface area (Å²) in [6.45, 7) is 6.60. The Labute approximate surface area is 187 Å². The van der Waals surface area contributed by atoms with Crippen LogP contribution in [0.2, 0.25) is 0 Å². The van der Waals surface area contributed by atoms with E-state index < -0.39 is 17.6 Å². The fourth-order valence-electron chi connectivity index (χ4n) is 6.06. The van der Waals surface area contributed by atoms with Crippen molar-refractivity contribution in [1.82, 2.24) is 19.7 Å². The van der Waals surface area contributed by atoms with Crippen LogP contribution in [-0.4, -0.2) is 38.8 Å². The number of likely N-dealkylation sites (tertiary alicyclic amines) is 1. The molecule has 5 nitrogen and oxygen atoms in total. The van der Waals surface area contributed by atoms with Crippen LogP contribution in [0.5, 0.6) is 0 Å². The molecule has 0 amide bonds. The van der Waals surface area contributed by atoms with E-state index in [0.717, 1.165) is 11.8 Å². The molecule has 32 heavy (non-hydrogen) atoms. The molecule has 174 valence electrons. The van der Waals surface area contributed by atoms with Crippen molar-refractivity contribution in [2.75, 3.05) is 18.8 Å². The van der Waals surface area contributed by atoms with Crippen molar-refractivity contribution >= 4 is 5.82 Å². The average molecular weight is 448 g/mol. The lowest BCUT2D eigenvalue weighted by Crippen LogP contribution is -2.35. The van der Waals surface area contributed by atoms with Crippen molar-refractivity contribution in [3.8, 4) is 11.3 Å². The number of nitrogen functional groups attached to an aromatic ring is 1. The lowest BCUT2D eigenvalue weighted by molar-refractivity contribution is -0.137. The third kappa shape index (κ3) is 3.91. The van der Waals surface area contributed by atoms with Gasteiger partial charge < -0.3 is 10.6 Å². The number of fused-ring (bicyclic) bond motifs is 1. The third-order valence-electron chi connectivity index (χ3n) is 7.69. The van der Waals surface area contributed by atoms with Crippen LogP contribution in [0.1, 0.15) is 75.6 Å². The molecule has 3 fully saturated rings. The minimum atomic E-state index is -4.54. The van der Waals surface area contributed by atoms with Gasteiger partial charge in [-0.25, -0.2) is 4.98 Å². The summed E-state index contributed by atoms with van der Waals surface area (Å²) in [7, 11) is 0. The fourth-order valence-corrected chi connectivity index (χ4v) is 6.06. The normalized spacial score (nSPS) is 28.7. The molecule has 0 aromatic carbocycles. The van der Waals surface area contributed by atoms with Gasteiger partial charge in [0.05, 0.1) is 11.3 Å². The van der Waals surface area contributed by atoms with Crippen LogP contribution in [0, 0.1) is 11.8 Å². The Morgan fingerprint density at radius 1 is 1.03 bits per heavy atom. The molecular weight excluding hydrogens is 415 g/mol. The molecule has 0 spiro atoms. The summed E-state index contributed by atoms with van der Waals surface area (Å²) in [6, 6.07) is 3.90. The number of halogens is 3. The van der Waals surface area contributed by atoms with E-state index in [9.17, 15) is 13.2 Å². The van der Waals surface area contributed by atoms with Gasteiger partial charge in [-0.3, -0.25) is 4.68 Å². The number of alkyl halides is 3. The molecule has 5 rings (SSSR count). The molecule has 2 unspecified atom stereocenters. The van der Waals surface area contributed by atoms with Gasteiger partial charge in [0.15, 0.2) is 0 Å². The van der Waals surface area contributed by atoms with Crippen LogP contribution < -0.4 is 5.73 Å². The summed E-state index contributed by atoms with van der Waals surface area (Å²) in [5, 5.41) is 4.70. The lowest BCUT2D eigenvalue weighted by Gasteiger charge is -2.29. The highest BCUT2D eigenvalue weighted by Crippen LogP contribution is 2.64. The van der Waals surface area contributed by atoms with Crippen molar-refractivity contribution in [3.05, 3.63) is 29.6 Å². The topological polar surface area (TPSA) is 60.0 Å². The highest BCUT2D eigenvalue weighted by atomic mass is 19.4. The van der Waals surface area contributed by atoms with E-state index in [0.29, 0.717) is 35.1 Å². The molecule has 8 heteroatoms. The Morgan fingerprint density at radius 2 is 1.69 bits per heavy atom. The molecule has 2 aromatic rings. The molecule has 2 saturated carbocycles. The second-order valence-corrected chi connectivity index (χ2v) is 10.1. The molecule has 1 saturated heterocycles. The Bertz CT molecular complexity index is 962. The van der Waals surface area contributed by atoms with Gasteiger partial charge in [0, 0.05) is 35.5 Å². The fraction of sp³-hybridized carbons (Fsp3) is 0.667. The second-order valence-electron chi connectivity index (χ2n) is 10.1. The van der Waals surface area contributed by atoms with E-state index in [-0.39, 0.29) is 6.04 Å². The minimum absolute atomic E-state index is 0.144. The smallest absolute Gasteiger partial charge is 0.383 e. The largest absolute Gasteiger partial charge is 0.419 e. The lowest BCUT2D eigenvalue weighted by atomic mass is 10.0. The molecule has 0 bridgehead atoms. The summed E-state index contributed by atoms with van der Waals surface area (Å²) in [5.41, 5.74) is 6.64. The van der Waals surface area contributed by atoms with Gasteiger partial charge in [-0.05, 0) is 76.6 Å². The zero-order chi connectivity index (χ0) is 22.6. The van der Waals surface area contributed by atoms with Crippen LogP contribution in [0.4, 0.5) is 19.0 Å². The molecule has 0 radical (unpaired) electrons. The predicted molar refractivity (Wildman–Crippen MR) is 118 cm³/mol. The summed E-state index contributed by atoms with van der Waals surface area (Å²) >= 11 is 0. The first-order chi connectivity index (χ1) is 15.2. The van der Waals surface area contributed by atoms with Gasteiger partial charge in [0.25, 0.3) is 0 Å². The van der Waals surface area contributed by atoms with E-state index in [4.69, 9.17) is 10.8 Å². The Balaban J connectivity index is 1.37. The van der Waals surface area contributed by atoms with Crippen LogP contribution in [0.3, 0.4) is 0 Å². The first-order valence-electron chi connectivity index (χ1n) is 11.9. The average Bonchev–Trinajstić information content (AvgIpc) is 3.06. The molecule has 1 aliphatic heterocycles. The predicted octanol–water partition coefficient (Wildman–Crippen LogP) is 5.50. The number of pyridine rings is 1. The highest BCUT2D eigenvalue weighted by Gasteiger charge is 2.58. The van der Waals surface area contributed by atoms with Crippen molar-refractivity contribution < 1.29 is 13.2 Å². The number of nitrogens with zero attached hydrogens (tertiary/aromatic N) is 4. The van der Waals surface area contributed by atoms with Crippen LogP contribution in [0.15, 0.2) is 18.3 Å². The van der Waals surface area contributed by atoms with Crippen LogP contribution in [0.25, 0.3) is 11.3 Å². The summed E-state index contributed by atoms with van der Waals surface area (Å²) in [4.78, 5) is 6.50. The van der Waals surface area contributed by atoms with Gasteiger partial charge in [0.1, 0.15) is 5.82 Å². The van der Waals surface area contributed by atoms with Crippen molar-refractivity contribution in [1.29, 1.82) is 0 Å². The Morgan fingerprint density at radius 3 is 2.28 bits per heavy atom. The zero-order valence-corrected chi connectivity index (χ0v) is 18.8. The first kappa shape index (κ1) is 21.7. The van der Waals surface area contributed by atoms with E-state index in [1.807, 2.05) is 10.7 Å². The number of hydrogen-bond acceptors (Lipinski definition) is 4.